The van der Waals surface area contributed by atoms with Crippen molar-refractivity contribution in [2.24, 2.45) is 5.41 Å². The quantitative estimate of drug-likeness (QED) is 0.931. The number of nitrogens with one attached hydrogen (secondary N) is 1. The molecule has 0 fully saturated rings. The average Bonchev–Trinajstić information content (AvgIpc) is 2.82. The Hall–Kier alpha value is -2.24. The molecule has 0 aliphatic rings. The van der Waals surface area contributed by atoms with E-state index in [9.17, 15) is 4.79 Å². The first-order valence-corrected chi connectivity index (χ1v) is 6.49. The lowest BCUT2D eigenvalue weighted by molar-refractivity contribution is -0.117. The van der Waals surface area contributed by atoms with E-state index < -0.39 is 0 Å². The number of carbonyl (C=O) groups excluding carboxylic acids is 1. The number of benzene rings is 1. The molecule has 0 unspecified atom stereocenters. The summed E-state index contributed by atoms with van der Waals surface area (Å²) in [5, 5.41) is 14.0. The number of hydrogen-bond acceptors (Lipinski definition) is 4. The van der Waals surface area contributed by atoms with E-state index in [0.29, 0.717) is 6.42 Å². The van der Waals surface area contributed by atoms with Crippen molar-refractivity contribution in [3.8, 4) is 5.69 Å². The number of amides is 1. The van der Waals surface area contributed by atoms with Gasteiger partial charge in [0.05, 0.1) is 5.69 Å². The Labute approximate surface area is 118 Å². The van der Waals surface area contributed by atoms with Gasteiger partial charge in [-0.1, -0.05) is 26.8 Å². The van der Waals surface area contributed by atoms with Crippen LogP contribution in [0.4, 0.5) is 5.69 Å². The third kappa shape index (κ3) is 3.63. The fraction of sp³-hybridized carbons (Fsp3) is 0.429. The Balaban J connectivity index is 2.18. The Bertz CT molecular complexity index is 599. The maximum Gasteiger partial charge on any atom is 0.224 e. The summed E-state index contributed by atoms with van der Waals surface area (Å²) in [6.07, 6.45) is 2.00. The van der Waals surface area contributed by atoms with E-state index in [0.717, 1.165) is 16.9 Å². The summed E-state index contributed by atoms with van der Waals surface area (Å²) in [6.45, 7) is 8.08. The van der Waals surface area contributed by atoms with Crippen LogP contribution >= 0.6 is 0 Å². The first kappa shape index (κ1) is 14.2. The van der Waals surface area contributed by atoms with Crippen molar-refractivity contribution in [3.05, 3.63) is 30.1 Å². The van der Waals surface area contributed by atoms with Crippen LogP contribution in [0, 0.1) is 12.3 Å². The zero-order valence-electron chi connectivity index (χ0n) is 12.2. The number of hydrogen-bond donors (Lipinski definition) is 1. The number of anilines is 1. The summed E-state index contributed by atoms with van der Waals surface area (Å²) >= 11 is 0. The second kappa shape index (κ2) is 5.40. The van der Waals surface area contributed by atoms with Gasteiger partial charge >= 0.3 is 0 Å². The molecule has 1 amide bonds. The third-order valence-corrected chi connectivity index (χ3v) is 2.78. The SMILES string of the molecule is Cc1ccc(NC(=O)CC(C)(C)C)cc1-n1cnnn1. The van der Waals surface area contributed by atoms with Crippen LogP contribution in [0.15, 0.2) is 24.5 Å². The summed E-state index contributed by atoms with van der Waals surface area (Å²) in [5.74, 6) is 0.00372. The minimum atomic E-state index is -0.0343. The molecule has 6 heteroatoms. The molecule has 0 aliphatic carbocycles. The molecule has 2 aromatic rings. The van der Waals surface area contributed by atoms with Crippen LogP contribution in [0.5, 0.6) is 0 Å². The largest absolute Gasteiger partial charge is 0.326 e. The fourth-order valence-electron chi connectivity index (χ4n) is 1.89. The predicted molar refractivity (Wildman–Crippen MR) is 76.6 cm³/mol. The molecular formula is C14H19N5O. The Morgan fingerprint density at radius 3 is 2.70 bits per heavy atom. The summed E-state index contributed by atoms with van der Waals surface area (Å²) < 4.78 is 1.58. The minimum Gasteiger partial charge on any atom is -0.326 e. The molecular weight excluding hydrogens is 254 g/mol. The molecule has 20 heavy (non-hydrogen) atoms. The highest BCUT2D eigenvalue weighted by atomic mass is 16.1. The lowest BCUT2D eigenvalue weighted by Gasteiger charge is -2.17. The van der Waals surface area contributed by atoms with E-state index in [2.05, 4.69) is 20.8 Å². The van der Waals surface area contributed by atoms with Gasteiger partial charge in [-0.25, -0.2) is 4.68 Å². The number of nitrogens with zero attached hydrogens (tertiary/aromatic N) is 4. The van der Waals surface area contributed by atoms with Crippen LogP contribution < -0.4 is 5.32 Å². The Morgan fingerprint density at radius 2 is 2.10 bits per heavy atom. The van der Waals surface area contributed by atoms with Crippen molar-refractivity contribution in [1.82, 2.24) is 20.2 Å². The second-order valence-corrected chi connectivity index (χ2v) is 6.04. The Kier molecular flexibility index (Phi) is 3.83. The molecule has 6 nitrogen and oxygen atoms in total. The summed E-state index contributed by atoms with van der Waals surface area (Å²) in [6, 6.07) is 5.68. The van der Waals surface area contributed by atoms with E-state index in [-0.39, 0.29) is 11.3 Å². The summed E-state index contributed by atoms with van der Waals surface area (Å²) in [4.78, 5) is 12.0. The molecule has 1 aromatic heterocycles. The average molecular weight is 273 g/mol. The van der Waals surface area contributed by atoms with Gasteiger partial charge in [0.25, 0.3) is 0 Å². The van der Waals surface area contributed by atoms with Crippen LogP contribution in [0.2, 0.25) is 0 Å². The monoisotopic (exact) mass is 273 g/mol. The molecule has 0 atom stereocenters. The molecule has 106 valence electrons. The van der Waals surface area contributed by atoms with E-state index in [1.54, 1.807) is 4.68 Å². The van der Waals surface area contributed by atoms with E-state index in [1.807, 2.05) is 45.9 Å². The highest BCUT2D eigenvalue weighted by Crippen LogP contribution is 2.21. The standard InChI is InChI=1S/C14H19N5O/c1-10-5-6-11(16-13(20)8-14(2,3)4)7-12(10)19-9-15-17-18-19/h5-7,9H,8H2,1-4H3,(H,16,20). The number of carbonyl (C=O) groups is 1. The molecule has 1 N–H and O–H groups in total. The molecule has 2 rings (SSSR count). The zero-order valence-corrected chi connectivity index (χ0v) is 12.2. The van der Waals surface area contributed by atoms with Gasteiger partial charge in [0.1, 0.15) is 6.33 Å². The smallest absolute Gasteiger partial charge is 0.224 e. The molecule has 0 spiro atoms. The zero-order chi connectivity index (χ0) is 14.8. The number of rotatable bonds is 3. The van der Waals surface area contributed by atoms with Gasteiger partial charge in [0, 0.05) is 12.1 Å². The number of aromatic nitrogens is 4. The van der Waals surface area contributed by atoms with Crippen molar-refractivity contribution in [1.29, 1.82) is 0 Å². The van der Waals surface area contributed by atoms with Gasteiger partial charge in [-0.3, -0.25) is 4.79 Å². The van der Waals surface area contributed by atoms with Crippen LogP contribution in [-0.4, -0.2) is 26.1 Å². The first-order valence-electron chi connectivity index (χ1n) is 6.49. The second-order valence-electron chi connectivity index (χ2n) is 6.04. The molecule has 0 saturated carbocycles. The first-order chi connectivity index (χ1) is 9.35. The van der Waals surface area contributed by atoms with E-state index >= 15 is 0 Å². The van der Waals surface area contributed by atoms with Gasteiger partial charge in [0.15, 0.2) is 0 Å². The third-order valence-electron chi connectivity index (χ3n) is 2.78. The predicted octanol–water partition coefficient (Wildman–Crippen LogP) is 2.35. The summed E-state index contributed by atoms with van der Waals surface area (Å²) in [7, 11) is 0. The van der Waals surface area contributed by atoms with Gasteiger partial charge < -0.3 is 5.32 Å². The van der Waals surface area contributed by atoms with Crippen LogP contribution in [-0.2, 0) is 4.79 Å². The van der Waals surface area contributed by atoms with Crippen molar-refractivity contribution in [2.45, 2.75) is 34.1 Å². The molecule has 1 heterocycles. The van der Waals surface area contributed by atoms with Gasteiger partial charge in [-0.15, -0.1) is 5.10 Å². The fourth-order valence-corrected chi connectivity index (χ4v) is 1.89. The topological polar surface area (TPSA) is 72.7 Å². The lowest BCUT2D eigenvalue weighted by Crippen LogP contribution is -2.19. The maximum atomic E-state index is 12.0. The maximum absolute atomic E-state index is 12.0. The lowest BCUT2D eigenvalue weighted by atomic mass is 9.92. The molecule has 0 saturated heterocycles. The highest BCUT2D eigenvalue weighted by Gasteiger charge is 2.16. The van der Waals surface area contributed by atoms with Crippen molar-refractivity contribution < 1.29 is 4.79 Å². The van der Waals surface area contributed by atoms with E-state index in [1.165, 1.54) is 6.33 Å². The Morgan fingerprint density at radius 1 is 1.35 bits per heavy atom. The van der Waals surface area contributed by atoms with E-state index in [4.69, 9.17) is 0 Å². The van der Waals surface area contributed by atoms with Crippen LogP contribution in [0.25, 0.3) is 5.69 Å². The number of tetrazole rings is 1. The number of aryl methyl sites for hydroxylation is 1. The minimum absolute atomic E-state index is 0.00372. The van der Waals surface area contributed by atoms with Gasteiger partial charge in [0.2, 0.25) is 5.91 Å². The van der Waals surface area contributed by atoms with Crippen LogP contribution in [0.3, 0.4) is 0 Å². The molecule has 0 radical (unpaired) electrons. The molecule has 1 aromatic carbocycles. The van der Waals surface area contributed by atoms with Crippen molar-refractivity contribution >= 4 is 11.6 Å². The van der Waals surface area contributed by atoms with Crippen LogP contribution in [0.1, 0.15) is 32.8 Å². The van der Waals surface area contributed by atoms with Gasteiger partial charge in [-0.05, 0) is 40.5 Å². The van der Waals surface area contributed by atoms with Crippen molar-refractivity contribution in [2.75, 3.05) is 5.32 Å². The van der Waals surface area contributed by atoms with Crippen molar-refractivity contribution in [3.63, 3.8) is 0 Å². The molecule has 0 aliphatic heterocycles. The summed E-state index contributed by atoms with van der Waals surface area (Å²) in [5.41, 5.74) is 2.60. The molecule has 0 bridgehead atoms. The highest BCUT2D eigenvalue weighted by molar-refractivity contribution is 5.91. The normalized spacial score (nSPS) is 11.4. The van der Waals surface area contributed by atoms with Gasteiger partial charge in [-0.2, -0.15) is 0 Å².